The first-order valence-electron chi connectivity index (χ1n) is 3.50. The maximum atomic E-state index is 5.67. The lowest BCUT2D eigenvalue weighted by atomic mass is 10.1. The molecule has 0 saturated carbocycles. The van der Waals surface area contributed by atoms with E-state index in [1.165, 1.54) is 0 Å². The van der Waals surface area contributed by atoms with Gasteiger partial charge in [0.25, 0.3) is 0 Å². The first-order valence-corrected chi connectivity index (χ1v) is 4.38. The summed E-state index contributed by atoms with van der Waals surface area (Å²) in [6.07, 6.45) is 0. The number of aryl methyl sites for hydroxylation is 1. The molecule has 1 aromatic rings. The molecule has 0 aromatic heterocycles. The van der Waals surface area contributed by atoms with Gasteiger partial charge >= 0.3 is 0 Å². The third-order valence-corrected chi connectivity index (χ3v) is 2.03. The van der Waals surface area contributed by atoms with Gasteiger partial charge in [0.05, 0.1) is 5.69 Å². The van der Waals surface area contributed by atoms with Crippen LogP contribution in [-0.2, 0) is 5.88 Å². The summed E-state index contributed by atoms with van der Waals surface area (Å²) < 4.78 is 1.06. The summed E-state index contributed by atoms with van der Waals surface area (Å²) in [5, 5.41) is 0. The van der Waals surface area contributed by atoms with Crippen LogP contribution in [0.25, 0.3) is 0 Å². The van der Waals surface area contributed by atoms with Gasteiger partial charge in [0.2, 0.25) is 0 Å². The zero-order valence-electron chi connectivity index (χ0n) is 6.72. The Bertz CT molecular complexity index is 274. The van der Waals surface area contributed by atoms with Gasteiger partial charge in [0.1, 0.15) is 0 Å². The van der Waals surface area contributed by atoms with E-state index in [-0.39, 0.29) is 0 Å². The average molecular weight is 205 g/mol. The van der Waals surface area contributed by atoms with Crippen LogP contribution in [0.15, 0.2) is 18.2 Å². The quantitative estimate of drug-likeness (QED) is 0.348. The first kappa shape index (κ1) is 9.65. The van der Waals surface area contributed by atoms with E-state index in [0.29, 0.717) is 5.88 Å². The fourth-order valence-corrected chi connectivity index (χ4v) is 1.29. The van der Waals surface area contributed by atoms with E-state index in [2.05, 4.69) is 0 Å². The van der Waals surface area contributed by atoms with Crippen LogP contribution < -0.4 is 10.4 Å². The zero-order valence-corrected chi connectivity index (χ0v) is 8.23. The molecule has 4 heteroatoms. The van der Waals surface area contributed by atoms with Crippen LogP contribution in [0.2, 0.25) is 0 Å². The van der Waals surface area contributed by atoms with Crippen molar-refractivity contribution in [3.05, 3.63) is 29.3 Å². The van der Waals surface area contributed by atoms with Crippen LogP contribution in [0.1, 0.15) is 11.1 Å². The molecule has 12 heavy (non-hydrogen) atoms. The maximum Gasteiger partial charge on any atom is 0.0709 e. The number of hydrogen-bond acceptors (Lipinski definition) is 2. The largest absolute Gasteiger partial charge is 0.232 e. The van der Waals surface area contributed by atoms with Crippen LogP contribution in [0.3, 0.4) is 0 Å². The van der Waals surface area contributed by atoms with E-state index in [1.807, 2.05) is 25.1 Å². The molecule has 0 heterocycles. The molecule has 0 aliphatic heterocycles. The average Bonchev–Trinajstić information content (AvgIpc) is 2.03. The Labute approximate surface area is 81.9 Å². The molecule has 2 N–H and O–H groups in total. The SMILES string of the molecule is Cc1cc(CCl)cc(N(N)Cl)c1. The van der Waals surface area contributed by atoms with E-state index >= 15 is 0 Å². The molecule has 1 aromatic carbocycles. The molecule has 0 aliphatic rings. The topological polar surface area (TPSA) is 29.3 Å². The van der Waals surface area contributed by atoms with Crippen molar-refractivity contribution in [3.63, 3.8) is 0 Å². The molecule has 2 nitrogen and oxygen atoms in total. The Hall–Kier alpha value is -0.440. The lowest BCUT2D eigenvalue weighted by molar-refractivity contribution is 1.17. The van der Waals surface area contributed by atoms with E-state index in [9.17, 15) is 0 Å². The summed E-state index contributed by atoms with van der Waals surface area (Å²) in [5.41, 5.74) is 2.87. The first-order chi connectivity index (χ1) is 5.63. The van der Waals surface area contributed by atoms with Crippen molar-refractivity contribution in [2.24, 2.45) is 5.84 Å². The fourth-order valence-electron chi connectivity index (χ4n) is 1.04. The van der Waals surface area contributed by atoms with Gasteiger partial charge in [-0.2, -0.15) is 0 Å². The number of nitrogens with two attached hydrogens (primary N) is 1. The van der Waals surface area contributed by atoms with E-state index in [4.69, 9.17) is 29.2 Å². The molecule has 0 aliphatic carbocycles. The Morgan fingerprint density at radius 2 is 2.08 bits per heavy atom. The van der Waals surface area contributed by atoms with Gasteiger partial charge in [0.15, 0.2) is 0 Å². The smallest absolute Gasteiger partial charge is 0.0709 e. The number of alkyl halides is 1. The Morgan fingerprint density at radius 3 is 2.58 bits per heavy atom. The van der Waals surface area contributed by atoms with Crippen molar-refractivity contribution in [1.82, 2.24) is 0 Å². The van der Waals surface area contributed by atoms with Gasteiger partial charge in [-0.1, -0.05) is 6.07 Å². The highest BCUT2D eigenvalue weighted by molar-refractivity contribution is 6.24. The van der Waals surface area contributed by atoms with Crippen molar-refractivity contribution >= 4 is 29.1 Å². The molecule has 0 bridgehead atoms. The van der Waals surface area contributed by atoms with Crippen LogP contribution in [0, 0.1) is 6.92 Å². The molecule has 0 atom stereocenters. The summed E-state index contributed by atoms with van der Waals surface area (Å²) in [7, 11) is 0. The van der Waals surface area contributed by atoms with Gasteiger partial charge < -0.3 is 0 Å². The van der Waals surface area contributed by atoms with Crippen LogP contribution in [-0.4, -0.2) is 0 Å². The maximum absolute atomic E-state index is 5.67. The number of benzene rings is 1. The van der Waals surface area contributed by atoms with E-state index in [0.717, 1.165) is 21.3 Å². The highest BCUT2D eigenvalue weighted by atomic mass is 35.5. The summed E-state index contributed by atoms with van der Waals surface area (Å²) in [5.74, 6) is 5.83. The van der Waals surface area contributed by atoms with Crippen molar-refractivity contribution in [2.45, 2.75) is 12.8 Å². The summed E-state index contributed by atoms with van der Waals surface area (Å²) >= 11 is 11.2. The predicted molar refractivity (Wildman–Crippen MR) is 53.3 cm³/mol. The van der Waals surface area contributed by atoms with Crippen LogP contribution in [0.4, 0.5) is 5.69 Å². The highest BCUT2D eigenvalue weighted by Crippen LogP contribution is 2.19. The Morgan fingerprint density at radius 1 is 1.42 bits per heavy atom. The molecular weight excluding hydrogens is 195 g/mol. The Balaban J connectivity index is 3.06. The summed E-state index contributed by atoms with van der Waals surface area (Å²) in [6.45, 7) is 1.97. The van der Waals surface area contributed by atoms with Crippen LogP contribution >= 0.6 is 23.4 Å². The van der Waals surface area contributed by atoms with Gasteiger partial charge in [0, 0.05) is 17.7 Å². The molecular formula is C8H10Cl2N2. The normalized spacial score (nSPS) is 10.0. The lowest BCUT2D eigenvalue weighted by Crippen LogP contribution is -2.18. The number of nitrogens with zero attached hydrogens (tertiary/aromatic N) is 1. The molecule has 0 unspecified atom stereocenters. The van der Waals surface area contributed by atoms with E-state index in [1.54, 1.807) is 0 Å². The Kier molecular flexibility index (Phi) is 3.20. The number of hydrazine groups is 1. The second-order valence-corrected chi connectivity index (χ2v) is 3.25. The van der Waals surface area contributed by atoms with E-state index < -0.39 is 0 Å². The lowest BCUT2D eigenvalue weighted by Gasteiger charge is -2.10. The van der Waals surface area contributed by atoms with Crippen molar-refractivity contribution in [1.29, 1.82) is 0 Å². The third kappa shape index (κ3) is 2.27. The minimum Gasteiger partial charge on any atom is -0.232 e. The highest BCUT2D eigenvalue weighted by Gasteiger charge is 2.00. The number of rotatable bonds is 2. The molecule has 0 fully saturated rings. The summed E-state index contributed by atoms with van der Waals surface area (Å²) in [4.78, 5) is 0. The standard InChI is InChI=1S/C8H10Cl2N2/c1-6-2-7(5-9)4-8(3-6)12(10)11/h2-4H,5,11H2,1H3. The molecule has 0 amide bonds. The molecule has 0 saturated heterocycles. The minimum absolute atomic E-state index is 0.472. The minimum atomic E-state index is 0.472. The molecule has 0 radical (unpaired) electrons. The third-order valence-electron chi connectivity index (χ3n) is 1.52. The zero-order chi connectivity index (χ0) is 9.14. The predicted octanol–water partition coefficient (Wildman–Crippen LogP) is 2.57. The van der Waals surface area contributed by atoms with Gasteiger partial charge in [-0.25, -0.2) is 10.4 Å². The van der Waals surface area contributed by atoms with Crippen molar-refractivity contribution in [3.8, 4) is 0 Å². The van der Waals surface area contributed by atoms with Gasteiger partial charge in [-0.15, -0.1) is 11.6 Å². The number of halogens is 2. The van der Waals surface area contributed by atoms with Crippen molar-refractivity contribution < 1.29 is 0 Å². The van der Waals surface area contributed by atoms with Gasteiger partial charge in [-0.3, -0.25) is 0 Å². The van der Waals surface area contributed by atoms with Crippen LogP contribution in [0.5, 0.6) is 0 Å². The molecule has 0 spiro atoms. The second kappa shape index (κ2) is 3.99. The number of anilines is 1. The number of hydrogen-bond donors (Lipinski definition) is 1. The summed E-state index contributed by atoms with van der Waals surface area (Å²) in [6, 6.07) is 5.74. The molecule has 1 rings (SSSR count). The fraction of sp³-hybridized carbons (Fsp3) is 0.250. The second-order valence-electron chi connectivity index (χ2n) is 2.62. The van der Waals surface area contributed by atoms with Gasteiger partial charge in [-0.05, 0) is 30.2 Å². The van der Waals surface area contributed by atoms with Crippen molar-refractivity contribution in [2.75, 3.05) is 4.53 Å². The molecule has 66 valence electrons. The monoisotopic (exact) mass is 204 g/mol.